The lowest BCUT2D eigenvalue weighted by atomic mass is 9.99. The van der Waals surface area contributed by atoms with E-state index in [1.54, 1.807) is 0 Å². The molecule has 1 heterocycles. The minimum atomic E-state index is 0.342. The summed E-state index contributed by atoms with van der Waals surface area (Å²) < 4.78 is 5.91. The van der Waals surface area contributed by atoms with Gasteiger partial charge in [0.25, 0.3) is 0 Å². The Morgan fingerprint density at radius 2 is 1.62 bits per heavy atom. The van der Waals surface area contributed by atoms with Crippen LogP contribution in [0.25, 0.3) is 0 Å². The third kappa shape index (κ3) is 4.16. The molecule has 1 aliphatic rings. The molecule has 1 fully saturated rings. The summed E-state index contributed by atoms with van der Waals surface area (Å²) in [4.78, 5) is 0. The molecular formula is C19H23NO. The molecule has 2 nitrogen and oxygen atoms in total. The summed E-state index contributed by atoms with van der Waals surface area (Å²) in [6.07, 6.45) is 3.72. The van der Waals surface area contributed by atoms with E-state index in [0.29, 0.717) is 12.1 Å². The molecule has 2 aromatic rings. The molecule has 21 heavy (non-hydrogen) atoms. The van der Waals surface area contributed by atoms with E-state index in [-0.39, 0.29) is 0 Å². The van der Waals surface area contributed by atoms with Gasteiger partial charge in [0.05, 0.1) is 6.10 Å². The molecule has 0 saturated carbocycles. The quantitative estimate of drug-likeness (QED) is 0.874. The van der Waals surface area contributed by atoms with Crippen molar-refractivity contribution < 1.29 is 4.74 Å². The normalized spacial score (nSPS) is 19.5. The van der Waals surface area contributed by atoms with Crippen molar-refractivity contribution in [3.8, 4) is 0 Å². The Hall–Kier alpha value is -1.64. The van der Waals surface area contributed by atoms with E-state index in [0.717, 1.165) is 19.6 Å². The number of nitrogens with one attached hydrogen (secondary N) is 1. The Morgan fingerprint density at radius 1 is 0.952 bits per heavy atom. The first-order valence-corrected chi connectivity index (χ1v) is 7.84. The van der Waals surface area contributed by atoms with E-state index < -0.39 is 0 Å². The summed E-state index contributed by atoms with van der Waals surface area (Å²) in [5, 5.41) is 3.70. The molecule has 0 bridgehead atoms. The minimum absolute atomic E-state index is 0.342. The molecule has 1 aliphatic heterocycles. The van der Waals surface area contributed by atoms with Crippen LogP contribution in [0.15, 0.2) is 60.7 Å². The van der Waals surface area contributed by atoms with Gasteiger partial charge in [-0.05, 0) is 30.4 Å². The average Bonchev–Trinajstić information content (AvgIpc) is 3.08. The van der Waals surface area contributed by atoms with Gasteiger partial charge in [-0.3, -0.25) is 0 Å². The zero-order chi connectivity index (χ0) is 14.3. The Morgan fingerprint density at radius 3 is 2.24 bits per heavy atom. The molecule has 0 aromatic heterocycles. The van der Waals surface area contributed by atoms with Crippen molar-refractivity contribution in [2.45, 2.75) is 38.0 Å². The highest BCUT2D eigenvalue weighted by atomic mass is 16.5. The average molecular weight is 281 g/mol. The van der Waals surface area contributed by atoms with Crippen LogP contribution >= 0.6 is 0 Å². The van der Waals surface area contributed by atoms with Gasteiger partial charge in [0.1, 0.15) is 0 Å². The van der Waals surface area contributed by atoms with Crippen molar-refractivity contribution in [3.63, 3.8) is 0 Å². The molecule has 3 rings (SSSR count). The van der Waals surface area contributed by atoms with Crippen LogP contribution in [-0.2, 0) is 17.7 Å². The van der Waals surface area contributed by atoms with Crippen LogP contribution in [0.1, 0.15) is 24.0 Å². The first-order valence-electron chi connectivity index (χ1n) is 7.84. The fourth-order valence-corrected chi connectivity index (χ4v) is 2.97. The van der Waals surface area contributed by atoms with Gasteiger partial charge in [-0.15, -0.1) is 0 Å². The van der Waals surface area contributed by atoms with Crippen LogP contribution in [0.3, 0.4) is 0 Å². The summed E-state index contributed by atoms with van der Waals surface area (Å²) >= 11 is 0. The van der Waals surface area contributed by atoms with E-state index in [1.807, 2.05) is 0 Å². The predicted octanol–water partition coefficient (Wildman–Crippen LogP) is 3.57. The SMILES string of the molecule is c1ccc(CN[C@H](Cc2ccccc2)[C@H]2CCCO2)cc1. The fourth-order valence-electron chi connectivity index (χ4n) is 2.97. The van der Waals surface area contributed by atoms with Crippen molar-refractivity contribution in [2.24, 2.45) is 0 Å². The predicted molar refractivity (Wildman–Crippen MR) is 86.2 cm³/mol. The van der Waals surface area contributed by atoms with Crippen LogP contribution in [0, 0.1) is 0 Å². The smallest absolute Gasteiger partial charge is 0.0732 e. The number of benzene rings is 2. The molecule has 2 aromatic carbocycles. The second-order valence-corrected chi connectivity index (χ2v) is 5.71. The van der Waals surface area contributed by atoms with Gasteiger partial charge >= 0.3 is 0 Å². The van der Waals surface area contributed by atoms with Crippen LogP contribution in [0.5, 0.6) is 0 Å². The molecule has 1 N–H and O–H groups in total. The molecule has 0 unspecified atom stereocenters. The van der Waals surface area contributed by atoms with Crippen molar-refractivity contribution in [3.05, 3.63) is 71.8 Å². The van der Waals surface area contributed by atoms with Gasteiger partial charge in [-0.25, -0.2) is 0 Å². The van der Waals surface area contributed by atoms with Crippen LogP contribution in [0.4, 0.5) is 0 Å². The molecule has 110 valence electrons. The largest absolute Gasteiger partial charge is 0.377 e. The van der Waals surface area contributed by atoms with E-state index in [9.17, 15) is 0 Å². The number of hydrogen-bond donors (Lipinski definition) is 1. The maximum atomic E-state index is 5.91. The zero-order valence-electron chi connectivity index (χ0n) is 12.4. The summed E-state index contributed by atoms with van der Waals surface area (Å²) in [5.74, 6) is 0. The van der Waals surface area contributed by atoms with Crippen LogP contribution in [0.2, 0.25) is 0 Å². The number of hydrogen-bond acceptors (Lipinski definition) is 2. The van der Waals surface area contributed by atoms with Crippen molar-refractivity contribution in [1.82, 2.24) is 5.32 Å². The monoisotopic (exact) mass is 281 g/mol. The molecule has 0 spiro atoms. The van der Waals surface area contributed by atoms with Gasteiger partial charge in [-0.2, -0.15) is 0 Å². The highest BCUT2D eigenvalue weighted by Crippen LogP contribution is 2.19. The van der Waals surface area contributed by atoms with Gasteiger partial charge < -0.3 is 10.1 Å². The van der Waals surface area contributed by atoms with Crippen molar-refractivity contribution in [1.29, 1.82) is 0 Å². The Labute approximate surface area is 127 Å². The summed E-state index contributed by atoms with van der Waals surface area (Å²) in [6.45, 7) is 1.81. The van der Waals surface area contributed by atoms with Crippen LogP contribution < -0.4 is 5.32 Å². The third-order valence-corrected chi connectivity index (χ3v) is 4.12. The lowest BCUT2D eigenvalue weighted by Gasteiger charge is -2.24. The Kier molecular flexibility index (Phi) is 5.03. The Balaban J connectivity index is 1.64. The number of ether oxygens (including phenoxy) is 1. The second kappa shape index (κ2) is 7.39. The minimum Gasteiger partial charge on any atom is -0.377 e. The topological polar surface area (TPSA) is 21.3 Å². The van der Waals surface area contributed by atoms with Gasteiger partial charge in [-0.1, -0.05) is 60.7 Å². The molecule has 1 saturated heterocycles. The van der Waals surface area contributed by atoms with E-state index in [4.69, 9.17) is 4.74 Å². The summed E-state index contributed by atoms with van der Waals surface area (Å²) in [5.41, 5.74) is 2.70. The van der Waals surface area contributed by atoms with Crippen molar-refractivity contribution in [2.75, 3.05) is 6.61 Å². The van der Waals surface area contributed by atoms with Crippen LogP contribution in [-0.4, -0.2) is 18.8 Å². The zero-order valence-corrected chi connectivity index (χ0v) is 12.4. The molecular weight excluding hydrogens is 258 g/mol. The molecule has 0 radical (unpaired) electrons. The van der Waals surface area contributed by atoms with E-state index in [1.165, 1.54) is 24.0 Å². The highest BCUT2D eigenvalue weighted by Gasteiger charge is 2.25. The lowest BCUT2D eigenvalue weighted by Crippen LogP contribution is -2.41. The van der Waals surface area contributed by atoms with Gasteiger partial charge in [0.15, 0.2) is 0 Å². The fraction of sp³-hybridized carbons (Fsp3) is 0.368. The van der Waals surface area contributed by atoms with Gasteiger partial charge in [0.2, 0.25) is 0 Å². The molecule has 2 atom stereocenters. The first-order chi connectivity index (χ1) is 10.4. The Bertz CT molecular complexity index is 520. The second-order valence-electron chi connectivity index (χ2n) is 5.71. The summed E-state index contributed by atoms with van der Waals surface area (Å²) in [7, 11) is 0. The standard InChI is InChI=1S/C19H23NO/c1-3-8-16(9-4-1)14-18(19-12-7-13-21-19)20-15-17-10-5-2-6-11-17/h1-6,8-11,18-20H,7,12-15H2/t18-,19-/m1/s1. The maximum absolute atomic E-state index is 5.91. The highest BCUT2D eigenvalue weighted by molar-refractivity contribution is 5.17. The third-order valence-electron chi connectivity index (χ3n) is 4.12. The molecule has 0 amide bonds. The van der Waals surface area contributed by atoms with Gasteiger partial charge in [0, 0.05) is 19.2 Å². The van der Waals surface area contributed by atoms with Crippen molar-refractivity contribution >= 4 is 0 Å². The molecule has 0 aliphatic carbocycles. The maximum Gasteiger partial charge on any atom is 0.0732 e. The van der Waals surface area contributed by atoms with E-state index >= 15 is 0 Å². The lowest BCUT2D eigenvalue weighted by molar-refractivity contribution is 0.0777. The number of rotatable bonds is 6. The summed E-state index contributed by atoms with van der Waals surface area (Å²) in [6, 6.07) is 21.7. The first kappa shape index (κ1) is 14.3. The van der Waals surface area contributed by atoms with E-state index in [2.05, 4.69) is 66.0 Å². The molecule has 2 heteroatoms.